The summed E-state index contributed by atoms with van der Waals surface area (Å²) in [6.07, 6.45) is 1.63. The van der Waals surface area contributed by atoms with Crippen LogP contribution >= 0.6 is 11.3 Å². The Balaban J connectivity index is 1.94. The highest BCUT2D eigenvalue weighted by Crippen LogP contribution is 2.26. The first-order chi connectivity index (χ1) is 9.97. The molecule has 0 bridgehead atoms. The van der Waals surface area contributed by atoms with E-state index in [2.05, 4.69) is 4.98 Å². The van der Waals surface area contributed by atoms with Crippen molar-refractivity contribution >= 4 is 29.1 Å². The van der Waals surface area contributed by atoms with Crippen molar-refractivity contribution in [2.24, 2.45) is 0 Å². The molecule has 2 amide bonds. The van der Waals surface area contributed by atoms with Gasteiger partial charge in [0.1, 0.15) is 0 Å². The number of carboxylic acid groups (broad SMARTS) is 1. The van der Waals surface area contributed by atoms with Crippen LogP contribution in [0.1, 0.15) is 41.0 Å². The van der Waals surface area contributed by atoms with Gasteiger partial charge in [-0.2, -0.15) is 0 Å². The molecule has 0 aliphatic carbocycles. The lowest BCUT2D eigenvalue weighted by Crippen LogP contribution is -2.28. The molecule has 0 atom stereocenters. The molecule has 7 heteroatoms. The quantitative estimate of drug-likeness (QED) is 0.875. The number of carboxylic acids is 1. The number of rotatable bonds is 3. The Bertz CT molecular complexity index is 781. The fourth-order valence-corrected chi connectivity index (χ4v) is 2.99. The molecule has 2 aromatic rings. The number of aromatic carboxylic acids is 1. The second kappa shape index (κ2) is 4.78. The fourth-order valence-electron chi connectivity index (χ4n) is 2.20. The van der Waals surface area contributed by atoms with E-state index in [9.17, 15) is 14.4 Å². The Labute approximate surface area is 123 Å². The van der Waals surface area contributed by atoms with E-state index >= 15 is 0 Å². The van der Waals surface area contributed by atoms with E-state index in [1.54, 1.807) is 6.20 Å². The minimum Gasteiger partial charge on any atom is -0.478 e. The van der Waals surface area contributed by atoms with Crippen LogP contribution in [0.3, 0.4) is 0 Å². The lowest BCUT2D eigenvalue weighted by Gasteiger charge is -2.11. The Morgan fingerprint density at radius 2 is 2.00 bits per heavy atom. The molecular formula is C14H10N2O4S. The Morgan fingerprint density at radius 3 is 2.62 bits per heavy atom. The lowest BCUT2D eigenvalue weighted by molar-refractivity contribution is 0.0642. The molecule has 1 N–H and O–H groups in total. The highest BCUT2D eigenvalue weighted by atomic mass is 32.1. The average molecular weight is 302 g/mol. The van der Waals surface area contributed by atoms with Crippen LogP contribution in [0.25, 0.3) is 0 Å². The summed E-state index contributed by atoms with van der Waals surface area (Å²) in [6.45, 7) is 2.00. The smallest absolute Gasteiger partial charge is 0.335 e. The Kier molecular flexibility index (Phi) is 3.06. The van der Waals surface area contributed by atoms with Crippen LogP contribution in [0.2, 0.25) is 0 Å². The molecule has 1 aliphatic rings. The van der Waals surface area contributed by atoms with Crippen LogP contribution in [0.5, 0.6) is 0 Å². The predicted molar refractivity (Wildman–Crippen MR) is 74.5 cm³/mol. The van der Waals surface area contributed by atoms with Crippen LogP contribution < -0.4 is 0 Å². The minimum absolute atomic E-state index is 0.00890. The van der Waals surface area contributed by atoms with E-state index in [-0.39, 0.29) is 23.2 Å². The third-order valence-corrected chi connectivity index (χ3v) is 4.10. The zero-order chi connectivity index (χ0) is 15.1. The van der Waals surface area contributed by atoms with Gasteiger partial charge in [-0.25, -0.2) is 9.78 Å². The topological polar surface area (TPSA) is 87.6 Å². The molecule has 106 valence electrons. The summed E-state index contributed by atoms with van der Waals surface area (Å²) < 4.78 is 0. The van der Waals surface area contributed by atoms with E-state index in [0.29, 0.717) is 0 Å². The summed E-state index contributed by atoms with van der Waals surface area (Å²) >= 11 is 1.41. The largest absolute Gasteiger partial charge is 0.478 e. The first-order valence-electron chi connectivity index (χ1n) is 6.12. The van der Waals surface area contributed by atoms with Gasteiger partial charge < -0.3 is 5.11 Å². The molecule has 1 aliphatic heterocycles. The van der Waals surface area contributed by atoms with E-state index in [4.69, 9.17) is 5.11 Å². The van der Waals surface area contributed by atoms with Gasteiger partial charge in [0.2, 0.25) is 0 Å². The first kappa shape index (κ1) is 13.4. The number of amides is 2. The number of nitrogens with zero attached hydrogens (tertiary/aromatic N) is 2. The monoisotopic (exact) mass is 302 g/mol. The van der Waals surface area contributed by atoms with Crippen molar-refractivity contribution in [3.63, 3.8) is 0 Å². The van der Waals surface area contributed by atoms with Gasteiger partial charge in [0.15, 0.2) is 0 Å². The maximum absolute atomic E-state index is 12.3. The zero-order valence-electron chi connectivity index (χ0n) is 11.0. The van der Waals surface area contributed by atoms with Crippen LogP contribution in [-0.4, -0.2) is 32.8 Å². The number of imide groups is 1. The van der Waals surface area contributed by atoms with Crippen molar-refractivity contribution < 1.29 is 19.5 Å². The number of aryl methyl sites for hydroxylation is 1. The number of benzene rings is 1. The highest BCUT2D eigenvalue weighted by molar-refractivity contribution is 7.11. The molecule has 3 rings (SSSR count). The standard InChI is InChI=1S/C14H10N2O4S/c1-7-15-5-9(21-7)6-16-12(17)10-3-2-8(14(19)20)4-11(10)13(16)18/h2-5H,6H2,1H3,(H,19,20). The van der Waals surface area contributed by atoms with Crippen molar-refractivity contribution in [1.29, 1.82) is 0 Å². The molecule has 1 aromatic carbocycles. The number of fused-ring (bicyclic) bond motifs is 1. The third kappa shape index (κ3) is 2.21. The number of thiazole rings is 1. The van der Waals surface area contributed by atoms with Gasteiger partial charge in [0, 0.05) is 11.1 Å². The van der Waals surface area contributed by atoms with Crippen molar-refractivity contribution in [2.45, 2.75) is 13.5 Å². The van der Waals surface area contributed by atoms with E-state index in [1.165, 1.54) is 29.5 Å². The van der Waals surface area contributed by atoms with Crippen molar-refractivity contribution in [1.82, 2.24) is 9.88 Å². The van der Waals surface area contributed by atoms with Crippen LogP contribution in [0, 0.1) is 6.92 Å². The summed E-state index contributed by atoms with van der Waals surface area (Å²) in [5.74, 6) is -2.00. The Morgan fingerprint density at radius 1 is 1.29 bits per heavy atom. The van der Waals surface area contributed by atoms with Gasteiger partial charge in [-0.05, 0) is 25.1 Å². The molecule has 0 saturated carbocycles. The predicted octanol–water partition coefficient (Wildman–Crippen LogP) is 1.95. The van der Waals surface area contributed by atoms with Gasteiger partial charge in [-0.1, -0.05) is 0 Å². The van der Waals surface area contributed by atoms with Gasteiger partial charge in [0.05, 0.1) is 28.2 Å². The Hall–Kier alpha value is -2.54. The molecule has 0 spiro atoms. The molecule has 0 unspecified atom stereocenters. The highest BCUT2D eigenvalue weighted by Gasteiger charge is 2.36. The molecule has 21 heavy (non-hydrogen) atoms. The van der Waals surface area contributed by atoms with Gasteiger partial charge in [0.25, 0.3) is 11.8 Å². The molecule has 0 fully saturated rings. The van der Waals surface area contributed by atoms with Crippen LogP contribution in [0.4, 0.5) is 0 Å². The second-order valence-corrected chi connectivity index (χ2v) is 5.93. The third-order valence-electron chi connectivity index (χ3n) is 3.20. The summed E-state index contributed by atoms with van der Waals surface area (Å²) in [7, 11) is 0. The summed E-state index contributed by atoms with van der Waals surface area (Å²) in [5.41, 5.74) is 0.373. The van der Waals surface area contributed by atoms with E-state index < -0.39 is 17.8 Å². The molecule has 1 aromatic heterocycles. The normalized spacial score (nSPS) is 13.7. The second-order valence-electron chi connectivity index (χ2n) is 4.61. The SMILES string of the molecule is Cc1ncc(CN2C(=O)c3ccc(C(=O)O)cc3C2=O)s1. The van der Waals surface area contributed by atoms with Gasteiger partial charge in [-0.15, -0.1) is 11.3 Å². The number of aromatic nitrogens is 1. The van der Waals surface area contributed by atoms with Crippen LogP contribution in [0.15, 0.2) is 24.4 Å². The number of carbonyl (C=O) groups excluding carboxylic acids is 2. The van der Waals surface area contributed by atoms with Crippen molar-refractivity contribution in [2.75, 3.05) is 0 Å². The van der Waals surface area contributed by atoms with E-state index in [1.807, 2.05) is 6.92 Å². The average Bonchev–Trinajstić information content (AvgIpc) is 2.96. The molecule has 6 nitrogen and oxygen atoms in total. The molecule has 2 heterocycles. The minimum atomic E-state index is -1.13. The van der Waals surface area contributed by atoms with E-state index in [0.717, 1.165) is 14.8 Å². The molecule has 0 saturated heterocycles. The fraction of sp³-hybridized carbons (Fsp3) is 0.143. The molecule has 0 radical (unpaired) electrons. The zero-order valence-corrected chi connectivity index (χ0v) is 11.8. The summed E-state index contributed by atoms with van der Waals surface area (Å²) in [6, 6.07) is 3.96. The number of hydrogen-bond donors (Lipinski definition) is 1. The van der Waals surface area contributed by atoms with Gasteiger partial charge in [-0.3, -0.25) is 14.5 Å². The maximum Gasteiger partial charge on any atom is 0.335 e. The van der Waals surface area contributed by atoms with Gasteiger partial charge >= 0.3 is 5.97 Å². The lowest BCUT2D eigenvalue weighted by atomic mass is 10.1. The number of hydrogen-bond acceptors (Lipinski definition) is 5. The first-order valence-corrected chi connectivity index (χ1v) is 6.94. The van der Waals surface area contributed by atoms with Crippen LogP contribution in [-0.2, 0) is 6.54 Å². The summed E-state index contributed by atoms with van der Waals surface area (Å²) in [5, 5.41) is 9.81. The molecular weight excluding hydrogens is 292 g/mol. The van der Waals surface area contributed by atoms with Crippen molar-refractivity contribution in [3.8, 4) is 0 Å². The van der Waals surface area contributed by atoms with Crippen molar-refractivity contribution in [3.05, 3.63) is 51.0 Å². The maximum atomic E-state index is 12.3. The summed E-state index contributed by atoms with van der Waals surface area (Å²) in [4.78, 5) is 41.5. The number of carbonyl (C=O) groups is 3.